The molecule has 0 aliphatic heterocycles. The number of rotatable bonds is 4. The van der Waals surface area contributed by atoms with E-state index in [4.69, 9.17) is 0 Å². The average Bonchev–Trinajstić information content (AvgIpc) is 2.52. The summed E-state index contributed by atoms with van der Waals surface area (Å²) in [5.74, 6) is -0.0644. The van der Waals surface area contributed by atoms with Gasteiger partial charge in [-0.2, -0.15) is 0 Å². The highest BCUT2D eigenvalue weighted by atomic mass is 32.2. The zero-order chi connectivity index (χ0) is 9.84. The Labute approximate surface area is 76.6 Å². The summed E-state index contributed by atoms with van der Waals surface area (Å²) in [4.78, 5) is 13.0. The third-order valence-corrected chi connectivity index (χ3v) is 2.42. The van der Waals surface area contributed by atoms with Gasteiger partial charge >= 0.3 is 5.82 Å². The molecule has 0 bridgehead atoms. The molecule has 70 valence electrons. The van der Waals surface area contributed by atoms with Crippen molar-refractivity contribution in [3.05, 3.63) is 35.3 Å². The fourth-order valence-electron chi connectivity index (χ4n) is 0.689. The Kier molecular flexibility index (Phi) is 2.91. The van der Waals surface area contributed by atoms with Crippen LogP contribution in [0.15, 0.2) is 25.2 Å². The highest BCUT2D eigenvalue weighted by Crippen LogP contribution is 2.06. The second kappa shape index (κ2) is 3.94. The molecule has 1 aromatic rings. The lowest BCUT2D eigenvalue weighted by atomic mass is 10.8. The number of aromatic nitrogens is 2. The first kappa shape index (κ1) is 9.59. The second-order valence-corrected chi connectivity index (χ2v) is 3.52. The van der Waals surface area contributed by atoms with Crippen molar-refractivity contribution >= 4 is 16.8 Å². The van der Waals surface area contributed by atoms with E-state index in [2.05, 4.69) is 11.6 Å². The molecule has 0 fully saturated rings. The summed E-state index contributed by atoms with van der Waals surface area (Å²) in [5, 5.41) is 10.2. The van der Waals surface area contributed by atoms with E-state index in [1.165, 1.54) is 10.0 Å². The van der Waals surface area contributed by atoms with Gasteiger partial charge in [0.05, 0.1) is 5.75 Å². The maximum absolute atomic E-state index is 11.2. The molecule has 0 aliphatic rings. The molecule has 0 saturated carbocycles. The van der Waals surface area contributed by atoms with Crippen molar-refractivity contribution in [3.63, 3.8) is 0 Å². The van der Waals surface area contributed by atoms with E-state index in [0.717, 1.165) is 12.5 Å². The van der Waals surface area contributed by atoms with Crippen LogP contribution in [0.1, 0.15) is 0 Å². The van der Waals surface area contributed by atoms with Gasteiger partial charge in [-0.05, 0) is 9.91 Å². The molecular formula is C6H7N3O3S. The average molecular weight is 201 g/mol. The molecular weight excluding hydrogens is 194 g/mol. The number of nitrogens with zero attached hydrogens (tertiary/aromatic N) is 3. The lowest BCUT2D eigenvalue weighted by Gasteiger charge is -1.93. The SMILES string of the molecule is C=CCS(=O)n1cnc([N+](=O)[O-])c1. The minimum Gasteiger partial charge on any atom is -0.358 e. The van der Waals surface area contributed by atoms with Crippen LogP contribution in [-0.4, -0.2) is 23.8 Å². The fourth-order valence-corrected chi connectivity index (χ4v) is 1.43. The normalized spacial score (nSPS) is 12.3. The Bertz CT molecular complexity index is 360. The molecule has 0 spiro atoms. The monoisotopic (exact) mass is 201 g/mol. The summed E-state index contributed by atoms with van der Waals surface area (Å²) in [6.07, 6.45) is 3.76. The van der Waals surface area contributed by atoms with Gasteiger partial charge in [0, 0.05) is 0 Å². The van der Waals surface area contributed by atoms with Crippen molar-refractivity contribution in [1.82, 2.24) is 8.96 Å². The van der Waals surface area contributed by atoms with E-state index in [9.17, 15) is 14.3 Å². The molecule has 1 heterocycles. The first-order valence-corrected chi connectivity index (χ1v) is 4.61. The van der Waals surface area contributed by atoms with Gasteiger partial charge in [0.2, 0.25) is 6.33 Å². The van der Waals surface area contributed by atoms with Crippen LogP contribution in [0, 0.1) is 10.1 Å². The van der Waals surface area contributed by atoms with Crippen molar-refractivity contribution in [2.75, 3.05) is 5.75 Å². The Balaban J connectivity index is 2.85. The molecule has 0 N–H and O–H groups in total. The Morgan fingerprint density at radius 1 is 1.85 bits per heavy atom. The lowest BCUT2D eigenvalue weighted by molar-refractivity contribution is -0.389. The molecule has 6 nitrogen and oxygen atoms in total. The Morgan fingerprint density at radius 2 is 2.54 bits per heavy atom. The maximum atomic E-state index is 11.2. The van der Waals surface area contributed by atoms with Crippen molar-refractivity contribution in [1.29, 1.82) is 0 Å². The highest BCUT2D eigenvalue weighted by molar-refractivity contribution is 7.83. The number of imidazole rings is 1. The third kappa shape index (κ3) is 2.22. The molecule has 13 heavy (non-hydrogen) atoms. The molecule has 0 aromatic carbocycles. The Hall–Kier alpha value is -1.50. The molecule has 0 saturated heterocycles. The van der Waals surface area contributed by atoms with Crippen molar-refractivity contribution < 1.29 is 9.13 Å². The van der Waals surface area contributed by atoms with E-state index in [0.29, 0.717) is 0 Å². The topological polar surface area (TPSA) is 78.0 Å². The molecule has 0 amide bonds. The number of nitro groups is 1. The fraction of sp³-hybridized carbons (Fsp3) is 0.167. The molecule has 7 heteroatoms. The van der Waals surface area contributed by atoms with Crippen LogP contribution in [0.3, 0.4) is 0 Å². The van der Waals surface area contributed by atoms with Gasteiger partial charge in [0.25, 0.3) is 0 Å². The molecule has 0 aliphatic carbocycles. The molecule has 1 atom stereocenters. The van der Waals surface area contributed by atoms with Gasteiger partial charge in [-0.1, -0.05) is 6.08 Å². The minimum atomic E-state index is -1.35. The van der Waals surface area contributed by atoms with Crippen molar-refractivity contribution in [2.24, 2.45) is 0 Å². The largest absolute Gasteiger partial charge is 0.382 e. The first-order valence-electron chi connectivity index (χ1n) is 3.33. The van der Waals surface area contributed by atoms with Crippen molar-refractivity contribution in [3.8, 4) is 0 Å². The summed E-state index contributed by atoms with van der Waals surface area (Å²) in [6.45, 7) is 3.41. The molecule has 1 unspecified atom stereocenters. The third-order valence-electron chi connectivity index (χ3n) is 1.23. The van der Waals surface area contributed by atoms with Crippen molar-refractivity contribution in [2.45, 2.75) is 0 Å². The van der Waals surface area contributed by atoms with Gasteiger partial charge < -0.3 is 10.1 Å². The molecule has 1 aromatic heterocycles. The van der Waals surface area contributed by atoms with Gasteiger partial charge in [0.1, 0.15) is 17.2 Å². The molecule has 1 rings (SSSR count). The smallest absolute Gasteiger partial charge is 0.358 e. The van der Waals surface area contributed by atoms with Crippen LogP contribution in [-0.2, 0) is 11.0 Å². The highest BCUT2D eigenvalue weighted by Gasteiger charge is 2.12. The van der Waals surface area contributed by atoms with E-state index in [1.54, 1.807) is 0 Å². The lowest BCUT2D eigenvalue weighted by Crippen LogP contribution is -2.04. The number of hydrogen-bond donors (Lipinski definition) is 0. The summed E-state index contributed by atoms with van der Waals surface area (Å²) >= 11 is 0. The van der Waals surface area contributed by atoms with Gasteiger partial charge in [-0.15, -0.1) is 6.58 Å². The predicted octanol–water partition coefficient (Wildman–Crippen LogP) is 0.489. The summed E-state index contributed by atoms with van der Waals surface area (Å²) < 4.78 is 12.4. The standard InChI is InChI=1S/C6H7N3O3S/c1-2-3-13(12)8-4-6(7-5-8)9(10)11/h2,4-5H,1,3H2. The van der Waals surface area contributed by atoms with Crippen LogP contribution < -0.4 is 0 Å². The molecule has 0 radical (unpaired) electrons. The van der Waals surface area contributed by atoms with E-state index < -0.39 is 15.9 Å². The minimum absolute atomic E-state index is 0.244. The quantitative estimate of drug-likeness (QED) is 0.403. The van der Waals surface area contributed by atoms with Crippen LogP contribution in [0.2, 0.25) is 0 Å². The Morgan fingerprint density at radius 3 is 3.00 bits per heavy atom. The summed E-state index contributed by atoms with van der Waals surface area (Å²) in [7, 11) is -1.35. The summed E-state index contributed by atoms with van der Waals surface area (Å²) in [5.41, 5.74) is 0. The zero-order valence-corrected chi connectivity index (χ0v) is 7.44. The summed E-state index contributed by atoms with van der Waals surface area (Å²) in [6, 6.07) is 0. The van der Waals surface area contributed by atoms with Crippen LogP contribution in [0.5, 0.6) is 0 Å². The predicted molar refractivity (Wildman–Crippen MR) is 47.5 cm³/mol. The first-order chi connectivity index (χ1) is 6.15. The maximum Gasteiger partial charge on any atom is 0.382 e. The van der Waals surface area contributed by atoms with Gasteiger partial charge in [-0.3, -0.25) is 0 Å². The van der Waals surface area contributed by atoms with Gasteiger partial charge in [0.15, 0.2) is 0 Å². The van der Waals surface area contributed by atoms with E-state index >= 15 is 0 Å². The van der Waals surface area contributed by atoms with Crippen LogP contribution in [0.25, 0.3) is 0 Å². The van der Waals surface area contributed by atoms with E-state index in [1.807, 2.05) is 0 Å². The van der Waals surface area contributed by atoms with Crippen LogP contribution in [0.4, 0.5) is 5.82 Å². The number of hydrogen-bond acceptors (Lipinski definition) is 4. The van der Waals surface area contributed by atoms with E-state index in [-0.39, 0.29) is 11.6 Å². The van der Waals surface area contributed by atoms with Crippen LogP contribution >= 0.6 is 0 Å². The zero-order valence-electron chi connectivity index (χ0n) is 6.62. The second-order valence-electron chi connectivity index (χ2n) is 2.13. The van der Waals surface area contributed by atoms with Gasteiger partial charge in [-0.25, -0.2) is 8.18 Å².